The summed E-state index contributed by atoms with van der Waals surface area (Å²) in [5, 5.41) is 18.9. The van der Waals surface area contributed by atoms with Crippen molar-refractivity contribution < 1.29 is 4.92 Å². The van der Waals surface area contributed by atoms with Crippen LogP contribution in [0.15, 0.2) is 28.9 Å². The molecule has 0 amide bonds. The highest BCUT2D eigenvalue weighted by Crippen LogP contribution is 2.31. The smallest absolute Gasteiger partial charge is 0.296 e. The van der Waals surface area contributed by atoms with Crippen molar-refractivity contribution in [2.75, 3.05) is 0 Å². The van der Waals surface area contributed by atoms with Gasteiger partial charge in [0.25, 0.3) is 5.69 Å². The summed E-state index contributed by atoms with van der Waals surface area (Å²) < 4.78 is 2.19. The number of hydrogen-bond acceptors (Lipinski definition) is 4. The Morgan fingerprint density at radius 2 is 2.19 bits per heavy atom. The van der Waals surface area contributed by atoms with Crippen molar-refractivity contribution in [1.29, 1.82) is 0 Å². The molecule has 0 saturated carbocycles. The number of nitro benzene ring substituents is 1. The van der Waals surface area contributed by atoms with Gasteiger partial charge >= 0.3 is 0 Å². The first-order valence-electron chi connectivity index (χ1n) is 6.61. The number of benzene rings is 1. The van der Waals surface area contributed by atoms with Gasteiger partial charge in [0.15, 0.2) is 5.69 Å². The summed E-state index contributed by atoms with van der Waals surface area (Å²) in [4.78, 5) is 10.9. The molecule has 0 radical (unpaired) electrons. The van der Waals surface area contributed by atoms with Crippen molar-refractivity contribution in [2.45, 2.75) is 33.4 Å². The van der Waals surface area contributed by atoms with Gasteiger partial charge in [0.05, 0.1) is 15.1 Å². The standard InChI is InChI=1S/C14H17BrN4O2/c1-9(2)16-8-11-4-5-18(17-11)14-12(15)6-10(3)7-13(14)19(20)21/h4-7,9,16H,8H2,1-3H3. The van der Waals surface area contributed by atoms with Gasteiger partial charge in [-0.1, -0.05) is 13.8 Å². The Kier molecular flexibility index (Phi) is 4.74. The maximum Gasteiger partial charge on any atom is 0.296 e. The topological polar surface area (TPSA) is 73.0 Å². The van der Waals surface area contributed by atoms with E-state index in [-0.39, 0.29) is 10.6 Å². The molecule has 0 atom stereocenters. The summed E-state index contributed by atoms with van der Waals surface area (Å²) >= 11 is 3.39. The molecule has 2 aromatic rings. The molecule has 6 nitrogen and oxygen atoms in total. The summed E-state index contributed by atoms with van der Waals surface area (Å²) in [6, 6.07) is 5.60. The zero-order valence-electron chi connectivity index (χ0n) is 12.1. The number of nitro groups is 1. The van der Waals surface area contributed by atoms with Crippen LogP contribution < -0.4 is 5.32 Å². The van der Waals surface area contributed by atoms with Crippen molar-refractivity contribution in [2.24, 2.45) is 0 Å². The van der Waals surface area contributed by atoms with Crippen molar-refractivity contribution in [1.82, 2.24) is 15.1 Å². The molecule has 0 aliphatic rings. The first-order chi connectivity index (χ1) is 9.88. The maximum absolute atomic E-state index is 11.3. The van der Waals surface area contributed by atoms with Crippen LogP contribution in [0, 0.1) is 17.0 Å². The van der Waals surface area contributed by atoms with Crippen LogP contribution in [0.3, 0.4) is 0 Å². The third-order valence-electron chi connectivity index (χ3n) is 2.95. The maximum atomic E-state index is 11.3. The van der Waals surface area contributed by atoms with E-state index in [9.17, 15) is 10.1 Å². The van der Waals surface area contributed by atoms with Gasteiger partial charge in [-0.15, -0.1) is 0 Å². The Morgan fingerprint density at radius 3 is 2.81 bits per heavy atom. The molecule has 0 unspecified atom stereocenters. The summed E-state index contributed by atoms with van der Waals surface area (Å²) in [5.74, 6) is 0. The van der Waals surface area contributed by atoms with E-state index in [4.69, 9.17) is 0 Å². The molecule has 1 aromatic carbocycles. The van der Waals surface area contributed by atoms with Gasteiger partial charge in [-0.3, -0.25) is 10.1 Å². The molecule has 0 aliphatic carbocycles. The second kappa shape index (κ2) is 6.36. The average molecular weight is 353 g/mol. The minimum Gasteiger partial charge on any atom is -0.309 e. The summed E-state index contributed by atoms with van der Waals surface area (Å²) in [6.07, 6.45) is 1.74. The van der Waals surface area contributed by atoms with Crippen LogP contribution in [0.1, 0.15) is 25.1 Å². The van der Waals surface area contributed by atoms with Crippen molar-refractivity contribution in [3.05, 3.63) is 50.2 Å². The van der Waals surface area contributed by atoms with Gasteiger partial charge in [0, 0.05) is 24.8 Å². The second-order valence-corrected chi connectivity index (χ2v) is 6.01. The minimum atomic E-state index is -0.388. The van der Waals surface area contributed by atoms with E-state index in [2.05, 4.69) is 40.2 Å². The zero-order valence-corrected chi connectivity index (χ0v) is 13.7. The van der Waals surface area contributed by atoms with Crippen LogP contribution in [0.4, 0.5) is 5.69 Å². The quantitative estimate of drug-likeness (QED) is 0.661. The Morgan fingerprint density at radius 1 is 1.48 bits per heavy atom. The fourth-order valence-corrected chi connectivity index (χ4v) is 2.72. The predicted molar refractivity (Wildman–Crippen MR) is 84.6 cm³/mol. The van der Waals surface area contributed by atoms with E-state index in [1.807, 2.05) is 19.1 Å². The monoisotopic (exact) mass is 352 g/mol. The predicted octanol–water partition coefficient (Wildman–Crippen LogP) is 3.35. The largest absolute Gasteiger partial charge is 0.309 e. The lowest BCUT2D eigenvalue weighted by atomic mass is 10.2. The van der Waals surface area contributed by atoms with E-state index in [1.54, 1.807) is 16.9 Å². The molecule has 112 valence electrons. The Bertz CT molecular complexity index is 667. The Hall–Kier alpha value is -1.73. The molecule has 1 heterocycles. The first kappa shape index (κ1) is 15.7. The van der Waals surface area contributed by atoms with Gasteiger partial charge in [0.1, 0.15) is 0 Å². The number of nitrogens with zero attached hydrogens (tertiary/aromatic N) is 3. The van der Waals surface area contributed by atoms with Gasteiger partial charge in [0.2, 0.25) is 0 Å². The van der Waals surface area contributed by atoms with E-state index in [0.29, 0.717) is 22.7 Å². The summed E-state index contributed by atoms with van der Waals surface area (Å²) in [5.41, 5.74) is 2.14. The highest BCUT2D eigenvalue weighted by atomic mass is 79.9. The zero-order chi connectivity index (χ0) is 15.6. The van der Waals surface area contributed by atoms with Crippen LogP contribution in [-0.2, 0) is 6.54 Å². The third-order valence-corrected chi connectivity index (χ3v) is 3.55. The molecule has 0 bridgehead atoms. The fraction of sp³-hybridized carbons (Fsp3) is 0.357. The first-order valence-corrected chi connectivity index (χ1v) is 7.40. The second-order valence-electron chi connectivity index (χ2n) is 5.16. The number of aromatic nitrogens is 2. The lowest BCUT2D eigenvalue weighted by molar-refractivity contribution is -0.384. The van der Waals surface area contributed by atoms with Crippen molar-refractivity contribution in [3.8, 4) is 5.69 Å². The molecule has 7 heteroatoms. The summed E-state index contributed by atoms with van der Waals surface area (Å²) in [7, 11) is 0. The van der Waals surface area contributed by atoms with Gasteiger partial charge in [-0.05, 0) is 40.5 Å². The van der Waals surface area contributed by atoms with Crippen molar-refractivity contribution in [3.63, 3.8) is 0 Å². The highest BCUT2D eigenvalue weighted by Gasteiger charge is 2.20. The Balaban J connectivity index is 2.40. The van der Waals surface area contributed by atoms with Gasteiger partial charge in [-0.25, -0.2) is 4.68 Å². The van der Waals surface area contributed by atoms with Crippen LogP contribution in [0.2, 0.25) is 0 Å². The van der Waals surface area contributed by atoms with E-state index in [1.165, 1.54) is 0 Å². The van der Waals surface area contributed by atoms with E-state index in [0.717, 1.165) is 11.3 Å². The van der Waals surface area contributed by atoms with E-state index < -0.39 is 0 Å². The number of nitrogens with one attached hydrogen (secondary N) is 1. The van der Waals surface area contributed by atoms with Crippen LogP contribution in [0.25, 0.3) is 5.69 Å². The Labute approximate surface area is 131 Å². The third kappa shape index (κ3) is 3.68. The van der Waals surface area contributed by atoms with Gasteiger partial charge in [-0.2, -0.15) is 5.10 Å². The van der Waals surface area contributed by atoms with Crippen LogP contribution in [-0.4, -0.2) is 20.7 Å². The lowest BCUT2D eigenvalue weighted by Crippen LogP contribution is -2.22. The molecule has 21 heavy (non-hydrogen) atoms. The molecule has 0 fully saturated rings. The van der Waals surface area contributed by atoms with Crippen molar-refractivity contribution >= 4 is 21.6 Å². The molecular formula is C14H17BrN4O2. The fourth-order valence-electron chi connectivity index (χ4n) is 1.97. The number of halogens is 1. The van der Waals surface area contributed by atoms with Gasteiger partial charge < -0.3 is 5.32 Å². The number of aryl methyl sites for hydroxylation is 1. The number of hydrogen-bond donors (Lipinski definition) is 1. The molecule has 1 N–H and O–H groups in total. The van der Waals surface area contributed by atoms with Crippen LogP contribution >= 0.6 is 15.9 Å². The molecule has 0 aliphatic heterocycles. The molecule has 0 spiro atoms. The SMILES string of the molecule is Cc1cc(Br)c(-n2ccc(CNC(C)C)n2)c([N+](=O)[O-])c1. The molecular weight excluding hydrogens is 336 g/mol. The van der Waals surface area contributed by atoms with E-state index >= 15 is 0 Å². The normalized spacial score (nSPS) is 11.1. The number of rotatable bonds is 5. The minimum absolute atomic E-state index is 0.0355. The molecule has 2 rings (SSSR count). The summed E-state index contributed by atoms with van der Waals surface area (Å²) in [6.45, 7) is 6.56. The van der Waals surface area contributed by atoms with Crippen LogP contribution in [0.5, 0.6) is 0 Å². The molecule has 0 saturated heterocycles. The lowest BCUT2D eigenvalue weighted by Gasteiger charge is -2.08. The average Bonchev–Trinajstić information content (AvgIpc) is 2.83. The highest BCUT2D eigenvalue weighted by molar-refractivity contribution is 9.10. The molecule has 1 aromatic heterocycles.